The first-order valence-corrected chi connectivity index (χ1v) is 7.10. The van der Waals surface area contributed by atoms with Crippen molar-refractivity contribution >= 4 is 0 Å². The van der Waals surface area contributed by atoms with Crippen molar-refractivity contribution in [2.24, 2.45) is 0 Å². The maximum atomic E-state index is 3.96. The zero-order chi connectivity index (χ0) is 15.3. The van der Waals surface area contributed by atoms with E-state index in [0.717, 1.165) is 12.0 Å². The Bertz CT molecular complexity index is 384. The first-order valence-electron chi connectivity index (χ1n) is 7.10. The molecule has 0 nitrogen and oxygen atoms in total. The summed E-state index contributed by atoms with van der Waals surface area (Å²) in [5.74, 6) is 0. The van der Waals surface area contributed by atoms with Crippen LogP contribution in [0.5, 0.6) is 0 Å². The Kier molecular flexibility index (Phi) is 13.4. The fraction of sp³-hybridized carbons (Fsp3) is 0.368. The summed E-state index contributed by atoms with van der Waals surface area (Å²) in [6.07, 6.45) is 13.5. The second-order valence-electron chi connectivity index (χ2n) is 3.87. The van der Waals surface area contributed by atoms with Crippen molar-refractivity contribution in [3.8, 4) is 0 Å². The second-order valence-corrected chi connectivity index (χ2v) is 3.87. The molecule has 0 amide bonds. The van der Waals surface area contributed by atoms with Crippen LogP contribution in [0.1, 0.15) is 48.0 Å². The second kappa shape index (κ2) is 12.9. The third-order valence-corrected chi connectivity index (χ3v) is 2.53. The molecule has 0 radical (unpaired) electrons. The lowest BCUT2D eigenvalue weighted by Crippen LogP contribution is -1.84. The van der Waals surface area contributed by atoms with Gasteiger partial charge in [-0.3, -0.25) is 0 Å². The lowest BCUT2D eigenvalue weighted by Gasteiger charge is -2.04. The molecule has 0 aliphatic carbocycles. The zero-order valence-electron chi connectivity index (χ0n) is 13.6. The summed E-state index contributed by atoms with van der Waals surface area (Å²) in [5.41, 5.74) is 4.63. The fourth-order valence-electron chi connectivity index (χ4n) is 1.56. The molecule has 106 valence electrons. The quantitative estimate of drug-likeness (QED) is 0.473. The van der Waals surface area contributed by atoms with Crippen LogP contribution in [0, 0.1) is 0 Å². The van der Waals surface area contributed by atoms with Crippen LogP contribution in [0.2, 0.25) is 0 Å². The Morgan fingerprint density at radius 1 is 0.947 bits per heavy atom. The smallest absolute Gasteiger partial charge is 0.0230 e. The Balaban J connectivity index is 0. The molecule has 0 atom stereocenters. The van der Waals surface area contributed by atoms with E-state index in [9.17, 15) is 0 Å². The van der Waals surface area contributed by atoms with Gasteiger partial charge in [0.15, 0.2) is 0 Å². The van der Waals surface area contributed by atoms with Gasteiger partial charge < -0.3 is 0 Å². The van der Waals surface area contributed by atoms with Crippen molar-refractivity contribution in [2.75, 3.05) is 0 Å². The number of rotatable bonds is 6. The predicted molar refractivity (Wildman–Crippen MR) is 91.4 cm³/mol. The van der Waals surface area contributed by atoms with E-state index in [4.69, 9.17) is 0 Å². The standard InChI is InChI=1S/C17H24.C2H6/c1-7-11-16(9-3)17(10-4)13-12-15(8-2)14(5)6;1-2/h8-13H,3,5,7H2,1-2,4,6H3;1-2H3/b13-12-,15-8+,16-11+,17-10-;. The molecular formula is C19H30. The molecule has 0 aromatic rings. The lowest BCUT2D eigenvalue weighted by molar-refractivity contribution is 1.20. The largest absolute Gasteiger partial charge is 0.0985 e. The minimum atomic E-state index is 1.02. The number of allylic oxidation sites excluding steroid dienone is 10. The van der Waals surface area contributed by atoms with E-state index in [1.54, 1.807) is 0 Å². The van der Waals surface area contributed by atoms with Crippen molar-refractivity contribution in [2.45, 2.75) is 48.0 Å². The van der Waals surface area contributed by atoms with Gasteiger partial charge in [0.1, 0.15) is 0 Å². The van der Waals surface area contributed by atoms with Crippen LogP contribution in [-0.2, 0) is 0 Å². The summed E-state index contributed by atoms with van der Waals surface area (Å²) < 4.78 is 0. The highest BCUT2D eigenvalue weighted by molar-refractivity contribution is 5.48. The molecule has 0 heterocycles. The summed E-state index contributed by atoms with van der Waals surface area (Å²) in [6.45, 7) is 20.0. The monoisotopic (exact) mass is 258 g/mol. The van der Waals surface area contributed by atoms with E-state index in [2.05, 4.69) is 50.5 Å². The molecule has 0 unspecified atom stereocenters. The van der Waals surface area contributed by atoms with E-state index in [0.29, 0.717) is 0 Å². The highest BCUT2D eigenvalue weighted by Crippen LogP contribution is 2.16. The van der Waals surface area contributed by atoms with Crippen LogP contribution in [0.15, 0.2) is 71.9 Å². The topological polar surface area (TPSA) is 0 Å². The van der Waals surface area contributed by atoms with Gasteiger partial charge in [-0.15, -0.1) is 0 Å². The van der Waals surface area contributed by atoms with E-state index < -0.39 is 0 Å². The summed E-state index contributed by atoms with van der Waals surface area (Å²) in [7, 11) is 0. The fourth-order valence-corrected chi connectivity index (χ4v) is 1.56. The van der Waals surface area contributed by atoms with E-state index in [-0.39, 0.29) is 0 Å². The predicted octanol–water partition coefficient (Wildman–Crippen LogP) is 6.56. The molecule has 0 heteroatoms. The van der Waals surface area contributed by atoms with Crippen LogP contribution >= 0.6 is 0 Å². The Labute approximate surface area is 120 Å². The van der Waals surface area contributed by atoms with Gasteiger partial charge in [-0.2, -0.15) is 0 Å². The van der Waals surface area contributed by atoms with Crippen molar-refractivity contribution in [1.82, 2.24) is 0 Å². The summed E-state index contributed by atoms with van der Waals surface area (Å²) in [6, 6.07) is 0. The van der Waals surface area contributed by atoms with Crippen molar-refractivity contribution < 1.29 is 0 Å². The summed E-state index contributed by atoms with van der Waals surface area (Å²) in [5, 5.41) is 0. The molecule has 19 heavy (non-hydrogen) atoms. The van der Waals surface area contributed by atoms with E-state index >= 15 is 0 Å². The van der Waals surface area contributed by atoms with Crippen LogP contribution in [0.4, 0.5) is 0 Å². The maximum Gasteiger partial charge on any atom is -0.0230 e. The molecular weight excluding hydrogens is 228 g/mol. The van der Waals surface area contributed by atoms with Crippen LogP contribution in [-0.4, -0.2) is 0 Å². The molecule has 0 saturated heterocycles. The highest BCUT2D eigenvalue weighted by atomic mass is 14.0. The van der Waals surface area contributed by atoms with Crippen molar-refractivity contribution in [3.05, 3.63) is 71.9 Å². The lowest BCUT2D eigenvalue weighted by atomic mass is 10.0. The molecule has 0 N–H and O–H groups in total. The van der Waals surface area contributed by atoms with Gasteiger partial charge in [0.2, 0.25) is 0 Å². The highest BCUT2D eigenvalue weighted by Gasteiger charge is 1.97. The van der Waals surface area contributed by atoms with Gasteiger partial charge in [-0.25, -0.2) is 0 Å². The molecule has 0 fully saturated rings. The summed E-state index contributed by atoms with van der Waals surface area (Å²) >= 11 is 0. The SMILES string of the molecule is C=CC(=C\CC)/C(/C=C\C(=C/C)C(=C)C)=C\C.CC. The van der Waals surface area contributed by atoms with E-state index in [1.165, 1.54) is 16.7 Å². The molecule has 0 bridgehead atoms. The Morgan fingerprint density at radius 2 is 1.42 bits per heavy atom. The zero-order valence-corrected chi connectivity index (χ0v) is 13.6. The molecule has 0 saturated carbocycles. The van der Waals surface area contributed by atoms with Crippen molar-refractivity contribution in [1.29, 1.82) is 0 Å². The average molecular weight is 258 g/mol. The average Bonchev–Trinajstić information content (AvgIpc) is 2.43. The molecule has 0 aromatic carbocycles. The minimum absolute atomic E-state index is 1.02. The molecule has 0 aromatic heterocycles. The van der Waals surface area contributed by atoms with Gasteiger partial charge in [0.05, 0.1) is 0 Å². The molecule has 0 aliphatic rings. The van der Waals surface area contributed by atoms with Gasteiger partial charge in [-0.05, 0) is 43.9 Å². The molecule has 0 rings (SSSR count). The molecule has 0 aliphatic heterocycles. The van der Waals surface area contributed by atoms with E-state index in [1.807, 2.05) is 40.7 Å². The first-order chi connectivity index (χ1) is 9.10. The summed E-state index contributed by atoms with van der Waals surface area (Å²) in [4.78, 5) is 0. The maximum absolute atomic E-state index is 3.96. The normalized spacial score (nSPS) is 13.1. The first kappa shape index (κ1) is 19.8. The van der Waals surface area contributed by atoms with Crippen LogP contribution < -0.4 is 0 Å². The van der Waals surface area contributed by atoms with Crippen LogP contribution in [0.25, 0.3) is 0 Å². The number of hydrogen-bond acceptors (Lipinski definition) is 0. The minimum Gasteiger partial charge on any atom is -0.0985 e. The Hall–Kier alpha value is -1.56. The third-order valence-electron chi connectivity index (χ3n) is 2.53. The third kappa shape index (κ3) is 8.20. The van der Waals surface area contributed by atoms with Gasteiger partial charge in [0.25, 0.3) is 0 Å². The van der Waals surface area contributed by atoms with Gasteiger partial charge >= 0.3 is 0 Å². The van der Waals surface area contributed by atoms with Gasteiger partial charge in [0, 0.05) is 0 Å². The number of hydrogen-bond donors (Lipinski definition) is 0. The molecule has 0 spiro atoms. The Morgan fingerprint density at radius 3 is 1.74 bits per heavy atom. The van der Waals surface area contributed by atoms with Crippen molar-refractivity contribution in [3.63, 3.8) is 0 Å². The van der Waals surface area contributed by atoms with Gasteiger partial charge in [-0.1, -0.05) is 76.0 Å². The van der Waals surface area contributed by atoms with Crippen LogP contribution in [0.3, 0.4) is 0 Å².